The maximum absolute atomic E-state index is 11.6. The molecule has 3 N–H and O–H groups in total. The van der Waals surface area contributed by atoms with Crippen LogP contribution in [-0.2, 0) is 11.3 Å². The van der Waals surface area contributed by atoms with Crippen molar-refractivity contribution in [2.45, 2.75) is 25.0 Å². The first kappa shape index (κ1) is 21.4. The van der Waals surface area contributed by atoms with E-state index < -0.39 is 0 Å². The van der Waals surface area contributed by atoms with Gasteiger partial charge in [0.2, 0.25) is 5.91 Å². The van der Waals surface area contributed by atoms with Gasteiger partial charge in [-0.25, -0.2) is 0 Å². The van der Waals surface area contributed by atoms with Crippen LogP contribution >= 0.6 is 0 Å². The smallest absolute Gasteiger partial charge is 0.247 e. The lowest BCUT2D eigenvalue weighted by Gasteiger charge is -2.39. The first-order valence-corrected chi connectivity index (χ1v) is 11.3. The van der Waals surface area contributed by atoms with Crippen molar-refractivity contribution in [3.63, 3.8) is 0 Å². The summed E-state index contributed by atoms with van der Waals surface area (Å²) in [6, 6.07) is 18.8. The van der Waals surface area contributed by atoms with E-state index in [1.54, 1.807) is 0 Å². The van der Waals surface area contributed by atoms with E-state index in [9.17, 15) is 9.90 Å². The summed E-state index contributed by atoms with van der Waals surface area (Å²) in [4.78, 5) is 18.2. The number of fused-ring (bicyclic) bond motifs is 3. The summed E-state index contributed by atoms with van der Waals surface area (Å²) in [5.74, 6) is 0.138. The number of carbonyl (C=O) groups is 1. The molecular weight excluding hydrogens is 412 g/mol. The molecule has 1 amide bonds. The van der Waals surface area contributed by atoms with Crippen molar-refractivity contribution in [2.24, 2.45) is 5.92 Å². The fraction of sp³-hybridized carbons (Fsp3) is 0.259. The molecule has 2 aliphatic rings. The molecule has 3 aromatic rings. The molecule has 6 heteroatoms. The van der Waals surface area contributed by atoms with E-state index in [-0.39, 0.29) is 24.6 Å². The highest BCUT2D eigenvalue weighted by atomic mass is 16.3. The van der Waals surface area contributed by atoms with Crippen molar-refractivity contribution in [2.75, 3.05) is 23.8 Å². The fourth-order valence-electron chi connectivity index (χ4n) is 5.18. The number of nitrogens with zero attached hydrogens (tertiary/aromatic N) is 2. The number of amides is 1. The summed E-state index contributed by atoms with van der Waals surface area (Å²) in [5, 5.41) is 16.4. The Morgan fingerprint density at radius 1 is 1.15 bits per heavy atom. The average molecular weight is 441 g/mol. The minimum absolute atomic E-state index is 0.0588. The van der Waals surface area contributed by atoms with E-state index >= 15 is 0 Å². The summed E-state index contributed by atoms with van der Waals surface area (Å²) in [7, 11) is 0. The number of hydrogen-bond acceptors (Lipinski definition) is 5. The number of benzene rings is 2. The zero-order valence-electron chi connectivity index (χ0n) is 18.4. The molecule has 0 unspecified atom stereocenters. The van der Waals surface area contributed by atoms with Crippen molar-refractivity contribution in [3.05, 3.63) is 90.8 Å². The Labute approximate surface area is 194 Å². The summed E-state index contributed by atoms with van der Waals surface area (Å²) in [6.45, 7) is 5.48. The van der Waals surface area contributed by atoms with Gasteiger partial charge in [0, 0.05) is 42.3 Å². The maximum atomic E-state index is 11.6. The molecule has 33 heavy (non-hydrogen) atoms. The third-order valence-electron chi connectivity index (χ3n) is 6.78. The van der Waals surface area contributed by atoms with Gasteiger partial charge in [0.15, 0.2) is 0 Å². The molecule has 0 saturated carbocycles. The lowest BCUT2D eigenvalue weighted by Crippen LogP contribution is -2.41. The van der Waals surface area contributed by atoms with Gasteiger partial charge in [-0.2, -0.15) is 0 Å². The van der Waals surface area contributed by atoms with E-state index in [1.165, 1.54) is 17.2 Å². The lowest BCUT2D eigenvalue weighted by atomic mass is 9.82. The predicted octanol–water partition coefficient (Wildman–Crippen LogP) is 4.22. The van der Waals surface area contributed by atoms with Crippen LogP contribution in [0.1, 0.15) is 23.6 Å². The van der Waals surface area contributed by atoms with E-state index in [4.69, 9.17) is 0 Å². The van der Waals surface area contributed by atoms with Gasteiger partial charge in [-0.05, 0) is 77.7 Å². The highest BCUT2D eigenvalue weighted by Gasteiger charge is 2.43. The molecule has 2 aromatic carbocycles. The number of carbonyl (C=O) groups excluding carboxylic acids is 1. The molecule has 0 radical (unpaired) electrons. The van der Waals surface area contributed by atoms with E-state index in [0.717, 1.165) is 42.0 Å². The number of nitrogens with one attached hydrogen (secondary N) is 2. The molecule has 1 saturated heterocycles. The van der Waals surface area contributed by atoms with Crippen LogP contribution in [0.2, 0.25) is 0 Å². The van der Waals surface area contributed by atoms with Gasteiger partial charge in [0.1, 0.15) is 0 Å². The minimum Gasteiger partial charge on any atom is -0.394 e. The van der Waals surface area contributed by atoms with Crippen molar-refractivity contribution in [1.29, 1.82) is 0 Å². The first-order valence-electron chi connectivity index (χ1n) is 11.3. The van der Waals surface area contributed by atoms with Crippen LogP contribution in [0.5, 0.6) is 0 Å². The van der Waals surface area contributed by atoms with Crippen molar-refractivity contribution < 1.29 is 9.90 Å². The molecule has 0 aliphatic carbocycles. The van der Waals surface area contributed by atoms with Gasteiger partial charge in [-0.3, -0.25) is 14.7 Å². The highest BCUT2D eigenvalue weighted by molar-refractivity contribution is 5.99. The molecule has 0 spiro atoms. The quantitative estimate of drug-likeness (QED) is 0.500. The van der Waals surface area contributed by atoms with Gasteiger partial charge < -0.3 is 15.7 Å². The molecule has 1 fully saturated rings. The highest BCUT2D eigenvalue weighted by Crippen LogP contribution is 2.47. The number of likely N-dealkylation sites (tertiary alicyclic amines) is 1. The second-order valence-electron chi connectivity index (χ2n) is 8.73. The minimum atomic E-state index is -0.220. The Bertz CT molecular complexity index is 1150. The van der Waals surface area contributed by atoms with Crippen LogP contribution in [0.3, 0.4) is 0 Å². The topological polar surface area (TPSA) is 77.5 Å². The fourth-order valence-corrected chi connectivity index (χ4v) is 5.18. The number of anilines is 2. The maximum Gasteiger partial charge on any atom is 0.247 e. The van der Waals surface area contributed by atoms with Crippen LogP contribution < -0.4 is 10.6 Å². The van der Waals surface area contributed by atoms with E-state index in [2.05, 4.69) is 57.4 Å². The first-order chi connectivity index (χ1) is 16.2. The number of rotatable bonds is 6. The average Bonchev–Trinajstić information content (AvgIpc) is 3.28. The van der Waals surface area contributed by atoms with Gasteiger partial charge >= 0.3 is 0 Å². The molecule has 6 nitrogen and oxygen atoms in total. The van der Waals surface area contributed by atoms with Crippen LogP contribution in [0.15, 0.2) is 79.6 Å². The zero-order valence-corrected chi connectivity index (χ0v) is 18.4. The number of aromatic nitrogens is 1. The Balaban J connectivity index is 1.46. The molecular formula is C27H28N4O2. The van der Waals surface area contributed by atoms with Gasteiger partial charge in [0.25, 0.3) is 0 Å². The lowest BCUT2D eigenvalue weighted by molar-refractivity contribution is -0.111. The SMILES string of the molecule is C=CC(=O)Nc1ccc(-c2ccc3c(c2)[C@H]2[C@H](CCN2Cc2ccncc2)[C@@H](CO)N3)cc1. The number of hydrogen-bond donors (Lipinski definition) is 3. The summed E-state index contributed by atoms with van der Waals surface area (Å²) in [6.07, 6.45) is 6.00. The second-order valence-corrected chi connectivity index (χ2v) is 8.73. The van der Waals surface area contributed by atoms with Gasteiger partial charge in [-0.1, -0.05) is 24.8 Å². The molecule has 2 aliphatic heterocycles. The molecule has 1 aromatic heterocycles. The molecule has 3 heterocycles. The van der Waals surface area contributed by atoms with Crippen molar-refractivity contribution in [3.8, 4) is 11.1 Å². The van der Waals surface area contributed by atoms with E-state index in [0.29, 0.717) is 5.92 Å². The Morgan fingerprint density at radius 3 is 2.64 bits per heavy atom. The van der Waals surface area contributed by atoms with E-state index in [1.807, 2.05) is 36.7 Å². The second kappa shape index (κ2) is 9.17. The summed E-state index contributed by atoms with van der Waals surface area (Å²) in [5.41, 5.74) is 6.59. The third-order valence-corrected chi connectivity index (χ3v) is 6.78. The molecule has 5 rings (SSSR count). The van der Waals surface area contributed by atoms with Gasteiger partial charge in [-0.15, -0.1) is 0 Å². The van der Waals surface area contributed by atoms with Crippen LogP contribution in [0.4, 0.5) is 11.4 Å². The Hall–Kier alpha value is -3.48. The monoisotopic (exact) mass is 440 g/mol. The normalized spacial score (nSPS) is 21.5. The van der Waals surface area contributed by atoms with Crippen LogP contribution in [-0.4, -0.2) is 40.1 Å². The summed E-state index contributed by atoms with van der Waals surface area (Å²) >= 11 is 0. The molecule has 168 valence electrons. The van der Waals surface area contributed by atoms with Crippen molar-refractivity contribution >= 4 is 17.3 Å². The number of aliphatic hydroxyl groups is 1. The van der Waals surface area contributed by atoms with Crippen LogP contribution in [0, 0.1) is 5.92 Å². The number of aliphatic hydroxyl groups excluding tert-OH is 1. The largest absolute Gasteiger partial charge is 0.394 e. The predicted molar refractivity (Wildman–Crippen MR) is 131 cm³/mol. The van der Waals surface area contributed by atoms with Crippen LogP contribution in [0.25, 0.3) is 11.1 Å². The zero-order chi connectivity index (χ0) is 22.8. The van der Waals surface area contributed by atoms with Crippen molar-refractivity contribution in [1.82, 2.24) is 9.88 Å². The Morgan fingerprint density at radius 2 is 1.91 bits per heavy atom. The number of pyridine rings is 1. The summed E-state index contributed by atoms with van der Waals surface area (Å²) < 4.78 is 0. The molecule has 3 atom stereocenters. The third kappa shape index (κ3) is 4.27. The standard InChI is InChI=1S/C27H28N4O2/c1-2-26(33)29-21-6-3-19(4-7-21)20-5-8-24-23(15-20)27-22(25(17-32)30-24)11-14-31(27)16-18-9-12-28-13-10-18/h2-10,12-13,15,22,25,27,30,32H,1,11,14,16-17H2,(H,29,33)/t22-,25-,27-/m1/s1. The molecule has 0 bridgehead atoms. The Kier molecular flexibility index (Phi) is 5.94. The van der Waals surface area contributed by atoms with Gasteiger partial charge in [0.05, 0.1) is 12.6 Å².